The minimum Gasteiger partial charge on any atom is -0.444 e. The van der Waals surface area contributed by atoms with Crippen LogP contribution in [-0.2, 0) is 17.3 Å². The molecule has 9 nitrogen and oxygen atoms in total. The van der Waals surface area contributed by atoms with Gasteiger partial charge in [0.1, 0.15) is 5.60 Å². The van der Waals surface area contributed by atoms with Gasteiger partial charge in [0.15, 0.2) is 11.5 Å². The topological polar surface area (TPSA) is 120 Å². The fourth-order valence-corrected chi connectivity index (χ4v) is 5.96. The quantitative estimate of drug-likeness (QED) is 0.481. The fraction of sp³-hybridized carbons (Fsp3) is 0.517. The van der Waals surface area contributed by atoms with E-state index in [1.54, 1.807) is 11.0 Å². The Balaban J connectivity index is 1.41. The standard InChI is InChI=1S/C29H34F3N5O4/c1-27(2,3)41-26(40)36-13-15-8-17(9-16(15)14-36)34-20-10-18(6-7-19(20)25(33)39)37-21-11-28(4,5)12-22(38)23(21)24(35-37)29(30,31)32/h6-7,10,17,34H,8-9,11-14H2,1-5H3,(H2,33,39). The zero-order valence-corrected chi connectivity index (χ0v) is 23.7. The highest BCUT2D eigenvalue weighted by atomic mass is 19.4. The first-order valence-corrected chi connectivity index (χ1v) is 13.5. The first-order valence-electron chi connectivity index (χ1n) is 13.5. The molecule has 41 heavy (non-hydrogen) atoms. The van der Waals surface area contributed by atoms with Crippen LogP contribution in [0.2, 0.25) is 0 Å². The molecule has 1 aliphatic heterocycles. The number of ether oxygens (including phenoxy) is 1. The molecular weight excluding hydrogens is 539 g/mol. The van der Waals surface area contributed by atoms with E-state index in [4.69, 9.17) is 10.5 Å². The average Bonchev–Trinajstić information content (AvgIpc) is 3.48. The number of rotatable bonds is 4. The number of hydrogen-bond acceptors (Lipinski definition) is 6. The van der Waals surface area contributed by atoms with Crippen molar-refractivity contribution in [2.75, 3.05) is 18.4 Å². The predicted molar refractivity (Wildman–Crippen MR) is 145 cm³/mol. The number of nitrogens with zero attached hydrogens (tertiary/aromatic N) is 3. The fourth-order valence-electron chi connectivity index (χ4n) is 5.96. The molecule has 0 saturated heterocycles. The monoisotopic (exact) mass is 573 g/mol. The second-order valence-corrected chi connectivity index (χ2v) is 12.9. The number of carbonyl (C=O) groups excluding carboxylic acids is 3. The summed E-state index contributed by atoms with van der Waals surface area (Å²) in [5, 5.41) is 7.21. The predicted octanol–water partition coefficient (Wildman–Crippen LogP) is 5.27. The number of primary amides is 1. The summed E-state index contributed by atoms with van der Waals surface area (Å²) in [5.74, 6) is -1.28. The highest BCUT2D eigenvalue weighted by Crippen LogP contribution is 2.42. The van der Waals surface area contributed by atoms with Gasteiger partial charge in [-0.05, 0) is 74.8 Å². The molecule has 2 aliphatic carbocycles. The Morgan fingerprint density at radius 1 is 1.10 bits per heavy atom. The van der Waals surface area contributed by atoms with E-state index in [0.717, 1.165) is 11.1 Å². The number of halogens is 3. The molecule has 3 N–H and O–H groups in total. The van der Waals surface area contributed by atoms with Crippen LogP contribution in [0.4, 0.5) is 23.7 Å². The lowest BCUT2D eigenvalue weighted by Gasteiger charge is -2.29. The lowest BCUT2D eigenvalue weighted by Crippen LogP contribution is -2.37. The number of carbonyl (C=O) groups is 3. The van der Waals surface area contributed by atoms with Crippen molar-refractivity contribution >= 4 is 23.5 Å². The number of nitrogens with two attached hydrogens (primary N) is 1. The third kappa shape index (κ3) is 5.69. The minimum absolute atomic E-state index is 0.00705. The lowest BCUT2D eigenvalue weighted by atomic mass is 9.75. The van der Waals surface area contributed by atoms with Crippen LogP contribution < -0.4 is 11.1 Å². The van der Waals surface area contributed by atoms with Gasteiger partial charge >= 0.3 is 12.3 Å². The molecular formula is C29H34F3N5O4. The molecule has 1 aromatic carbocycles. The maximum Gasteiger partial charge on any atom is 0.435 e. The number of anilines is 1. The summed E-state index contributed by atoms with van der Waals surface area (Å²) in [7, 11) is 0. The number of Topliss-reactive ketones (excluding diaryl/α,β-unsaturated/α-hetero) is 1. The van der Waals surface area contributed by atoms with Gasteiger partial charge in [-0.15, -0.1) is 0 Å². The van der Waals surface area contributed by atoms with Crippen molar-refractivity contribution < 1.29 is 32.3 Å². The molecule has 2 amide bonds. The molecule has 0 radical (unpaired) electrons. The number of alkyl halides is 3. The number of hydrogen-bond donors (Lipinski definition) is 2. The number of nitrogens with one attached hydrogen (secondary N) is 1. The third-order valence-electron chi connectivity index (χ3n) is 7.59. The zero-order chi connectivity index (χ0) is 30.1. The number of benzene rings is 1. The first kappa shape index (κ1) is 28.7. The Hall–Kier alpha value is -3.83. The maximum atomic E-state index is 13.9. The van der Waals surface area contributed by atoms with Crippen molar-refractivity contribution in [1.29, 1.82) is 0 Å². The Labute approximate surface area is 235 Å². The largest absolute Gasteiger partial charge is 0.444 e. The van der Waals surface area contributed by atoms with Gasteiger partial charge in [0.25, 0.3) is 5.91 Å². The van der Waals surface area contributed by atoms with Gasteiger partial charge in [-0.25, -0.2) is 9.48 Å². The van der Waals surface area contributed by atoms with Gasteiger partial charge in [0, 0.05) is 31.2 Å². The van der Waals surface area contributed by atoms with E-state index in [9.17, 15) is 27.6 Å². The Bertz CT molecular complexity index is 1460. The van der Waals surface area contributed by atoms with Crippen LogP contribution in [0, 0.1) is 5.41 Å². The number of ketones is 1. The van der Waals surface area contributed by atoms with Gasteiger partial charge in [-0.3, -0.25) is 9.59 Å². The van der Waals surface area contributed by atoms with Crippen LogP contribution in [-0.4, -0.2) is 57.2 Å². The van der Waals surface area contributed by atoms with E-state index >= 15 is 0 Å². The van der Waals surface area contributed by atoms with E-state index in [1.807, 2.05) is 34.6 Å². The third-order valence-corrected chi connectivity index (χ3v) is 7.59. The molecule has 0 bridgehead atoms. The van der Waals surface area contributed by atoms with Crippen LogP contribution in [0.25, 0.3) is 5.69 Å². The van der Waals surface area contributed by atoms with Crippen molar-refractivity contribution in [3.8, 4) is 5.69 Å². The molecule has 2 heterocycles. The highest BCUT2D eigenvalue weighted by molar-refractivity contribution is 6.00. The lowest BCUT2D eigenvalue weighted by molar-refractivity contribution is -0.141. The van der Waals surface area contributed by atoms with E-state index in [1.165, 1.54) is 16.8 Å². The molecule has 0 saturated carbocycles. The van der Waals surface area contributed by atoms with Crippen LogP contribution >= 0.6 is 0 Å². The van der Waals surface area contributed by atoms with E-state index in [0.29, 0.717) is 31.6 Å². The van der Waals surface area contributed by atoms with Gasteiger partial charge in [0.05, 0.1) is 22.5 Å². The summed E-state index contributed by atoms with van der Waals surface area (Å²) >= 11 is 0. The summed E-state index contributed by atoms with van der Waals surface area (Å²) in [6, 6.07) is 4.39. The van der Waals surface area contributed by atoms with Gasteiger partial charge in [0.2, 0.25) is 0 Å². The van der Waals surface area contributed by atoms with Crippen molar-refractivity contribution in [3.05, 3.63) is 51.9 Å². The number of aromatic nitrogens is 2. The minimum atomic E-state index is -4.80. The van der Waals surface area contributed by atoms with Crippen molar-refractivity contribution in [2.45, 2.75) is 78.1 Å². The summed E-state index contributed by atoms with van der Waals surface area (Å²) in [5.41, 5.74) is 6.16. The van der Waals surface area contributed by atoms with Crippen molar-refractivity contribution in [3.63, 3.8) is 0 Å². The summed E-state index contributed by atoms with van der Waals surface area (Å²) in [6.07, 6.45) is -3.71. The molecule has 3 aliphatic rings. The number of fused-ring (bicyclic) bond motifs is 1. The van der Waals surface area contributed by atoms with Gasteiger partial charge < -0.3 is 20.7 Å². The van der Waals surface area contributed by atoms with Crippen LogP contribution in [0.1, 0.15) is 86.0 Å². The maximum absolute atomic E-state index is 13.9. The first-order chi connectivity index (χ1) is 18.9. The second kappa shape index (κ2) is 9.63. The molecule has 12 heteroatoms. The van der Waals surface area contributed by atoms with Crippen LogP contribution in [0.15, 0.2) is 29.3 Å². The molecule has 0 spiro atoms. The Morgan fingerprint density at radius 2 is 1.73 bits per heavy atom. The molecule has 1 aromatic heterocycles. The van der Waals surface area contributed by atoms with Crippen LogP contribution in [0.5, 0.6) is 0 Å². The Kier molecular flexibility index (Phi) is 6.74. The van der Waals surface area contributed by atoms with Crippen molar-refractivity contribution in [1.82, 2.24) is 14.7 Å². The molecule has 0 atom stereocenters. The Morgan fingerprint density at radius 3 is 2.29 bits per heavy atom. The van der Waals surface area contributed by atoms with Crippen molar-refractivity contribution in [2.24, 2.45) is 11.1 Å². The molecule has 5 rings (SSSR count). The molecule has 2 aromatic rings. The van der Waals surface area contributed by atoms with Crippen LogP contribution in [0.3, 0.4) is 0 Å². The second-order valence-electron chi connectivity index (χ2n) is 12.9. The van der Waals surface area contributed by atoms with Gasteiger partial charge in [-0.1, -0.05) is 13.8 Å². The summed E-state index contributed by atoms with van der Waals surface area (Å²) in [6.45, 7) is 10.0. The molecule has 0 fully saturated rings. The molecule has 0 unspecified atom stereocenters. The number of amides is 2. The number of likely N-dealkylation sites (tertiary alicyclic amines) is 1. The smallest absolute Gasteiger partial charge is 0.435 e. The summed E-state index contributed by atoms with van der Waals surface area (Å²) < 4.78 is 48.4. The SMILES string of the molecule is CC1(C)CC(=O)c2c(C(F)(F)F)nn(-c3ccc(C(N)=O)c(NC4CC5=C(C4)CN(C(=O)OC(C)(C)C)C5)c3)c2C1. The van der Waals surface area contributed by atoms with Gasteiger partial charge in [-0.2, -0.15) is 18.3 Å². The average molecular weight is 574 g/mol. The normalized spacial score (nSPS) is 18.9. The zero-order valence-electron chi connectivity index (χ0n) is 23.7. The van der Waals surface area contributed by atoms with E-state index < -0.39 is 40.1 Å². The van der Waals surface area contributed by atoms with E-state index in [2.05, 4.69) is 10.4 Å². The summed E-state index contributed by atoms with van der Waals surface area (Å²) in [4.78, 5) is 39.2. The molecule has 220 valence electrons. The van der Waals surface area contributed by atoms with E-state index in [-0.39, 0.29) is 41.9 Å². The highest BCUT2D eigenvalue weighted by Gasteiger charge is 2.45.